The second-order valence-corrected chi connectivity index (χ2v) is 5.63. The molecule has 0 spiro atoms. The summed E-state index contributed by atoms with van der Waals surface area (Å²) in [5.74, 6) is 1.86. The average Bonchev–Trinajstić information content (AvgIpc) is 2.58. The quantitative estimate of drug-likeness (QED) is 0.394. The van der Waals surface area contributed by atoms with Crippen LogP contribution in [0.3, 0.4) is 0 Å². The maximum absolute atomic E-state index is 5.95. The Morgan fingerprint density at radius 2 is 1.72 bits per heavy atom. The van der Waals surface area contributed by atoms with Crippen LogP contribution in [0.1, 0.15) is 16.7 Å². The first-order valence-electron chi connectivity index (χ1n) is 7.88. The molecule has 0 aliphatic heterocycles. The second-order valence-electron chi connectivity index (χ2n) is 5.63. The maximum Gasteiger partial charge on any atom is 0.193 e. The smallest absolute Gasteiger partial charge is 0.193 e. The van der Waals surface area contributed by atoms with Crippen LogP contribution in [0, 0.1) is 13.8 Å². The molecule has 0 fully saturated rings. The van der Waals surface area contributed by atoms with E-state index in [-0.39, 0.29) is 24.0 Å². The minimum absolute atomic E-state index is 0. The molecule has 2 aromatic rings. The van der Waals surface area contributed by atoms with Gasteiger partial charge in [0.15, 0.2) is 17.5 Å². The van der Waals surface area contributed by atoms with Crippen LogP contribution in [-0.2, 0) is 6.42 Å². The molecule has 0 aliphatic carbocycles. The summed E-state index contributed by atoms with van der Waals surface area (Å²) in [6, 6.07) is 12.0. The topological polar surface area (TPSA) is 68.9 Å². The summed E-state index contributed by atoms with van der Waals surface area (Å²) in [5, 5.41) is 3.12. The Kier molecular flexibility index (Phi) is 8.54. The SMILES string of the molecule is COc1ccc(CCN=C(N)Nc2ccc(C)c(C)c2)cc1OC.I. The van der Waals surface area contributed by atoms with Crippen LogP contribution in [0.25, 0.3) is 0 Å². The molecular weight excluding hydrogens is 429 g/mol. The van der Waals surface area contributed by atoms with Crippen LogP contribution in [0.15, 0.2) is 41.4 Å². The normalized spacial score (nSPS) is 10.8. The van der Waals surface area contributed by atoms with E-state index in [0.29, 0.717) is 12.5 Å². The number of nitrogens with zero attached hydrogens (tertiary/aromatic N) is 1. The van der Waals surface area contributed by atoms with E-state index in [1.54, 1.807) is 14.2 Å². The van der Waals surface area contributed by atoms with Gasteiger partial charge in [-0.15, -0.1) is 24.0 Å². The molecule has 0 saturated carbocycles. The number of hydrogen-bond acceptors (Lipinski definition) is 3. The van der Waals surface area contributed by atoms with Crippen LogP contribution in [0.2, 0.25) is 0 Å². The molecule has 3 N–H and O–H groups in total. The first kappa shape index (κ1) is 21.1. The summed E-state index contributed by atoms with van der Waals surface area (Å²) >= 11 is 0. The number of aliphatic imine (C=N–C) groups is 1. The Hall–Kier alpha value is -1.96. The molecule has 0 amide bonds. The zero-order valence-electron chi connectivity index (χ0n) is 15.1. The lowest BCUT2D eigenvalue weighted by Crippen LogP contribution is -2.23. The van der Waals surface area contributed by atoms with Gasteiger partial charge in [0.1, 0.15) is 0 Å². The van der Waals surface area contributed by atoms with Crippen molar-refractivity contribution in [3.63, 3.8) is 0 Å². The lowest BCUT2D eigenvalue weighted by atomic mass is 10.1. The van der Waals surface area contributed by atoms with Crippen LogP contribution >= 0.6 is 24.0 Å². The molecule has 6 heteroatoms. The summed E-state index contributed by atoms with van der Waals surface area (Å²) in [4.78, 5) is 4.38. The monoisotopic (exact) mass is 455 g/mol. The van der Waals surface area contributed by atoms with Gasteiger partial charge in [-0.1, -0.05) is 12.1 Å². The number of halogens is 1. The lowest BCUT2D eigenvalue weighted by molar-refractivity contribution is 0.354. The number of methoxy groups -OCH3 is 2. The molecule has 0 radical (unpaired) electrons. The van der Waals surface area contributed by atoms with Gasteiger partial charge in [0.2, 0.25) is 0 Å². The summed E-state index contributed by atoms with van der Waals surface area (Å²) < 4.78 is 10.5. The van der Waals surface area contributed by atoms with Crippen molar-refractivity contribution in [3.05, 3.63) is 53.1 Å². The molecule has 0 saturated heterocycles. The Balaban J connectivity index is 0.00000312. The average molecular weight is 455 g/mol. The van der Waals surface area contributed by atoms with E-state index in [1.165, 1.54) is 11.1 Å². The highest BCUT2D eigenvalue weighted by Gasteiger charge is 2.04. The fraction of sp³-hybridized carbons (Fsp3) is 0.316. The molecule has 0 aromatic heterocycles. The van der Waals surface area contributed by atoms with E-state index in [1.807, 2.05) is 24.3 Å². The van der Waals surface area contributed by atoms with Crippen molar-refractivity contribution in [2.24, 2.45) is 10.7 Å². The summed E-state index contributed by atoms with van der Waals surface area (Å²) in [5.41, 5.74) is 10.5. The minimum atomic E-state index is 0. The number of hydrogen-bond donors (Lipinski definition) is 2. The van der Waals surface area contributed by atoms with Gasteiger partial charge in [0, 0.05) is 12.2 Å². The van der Waals surface area contributed by atoms with Gasteiger partial charge in [0.25, 0.3) is 0 Å². The molecule has 2 rings (SSSR count). The molecule has 0 aliphatic rings. The lowest BCUT2D eigenvalue weighted by Gasteiger charge is -2.10. The van der Waals surface area contributed by atoms with Crippen LogP contribution in [-0.4, -0.2) is 26.7 Å². The highest BCUT2D eigenvalue weighted by atomic mass is 127. The number of ether oxygens (including phenoxy) is 2. The van der Waals surface area contributed by atoms with E-state index in [2.05, 4.69) is 36.3 Å². The highest BCUT2D eigenvalue weighted by molar-refractivity contribution is 14.0. The van der Waals surface area contributed by atoms with Gasteiger partial charge in [-0.05, 0) is 61.2 Å². The van der Waals surface area contributed by atoms with E-state index < -0.39 is 0 Å². The van der Waals surface area contributed by atoms with E-state index in [0.717, 1.165) is 29.2 Å². The maximum atomic E-state index is 5.95. The molecule has 0 unspecified atom stereocenters. The number of benzene rings is 2. The van der Waals surface area contributed by atoms with Crippen LogP contribution < -0.4 is 20.5 Å². The Labute approximate surface area is 166 Å². The summed E-state index contributed by atoms with van der Waals surface area (Å²) in [6.07, 6.45) is 0.773. The Bertz CT molecular complexity index is 733. The molecule has 136 valence electrons. The number of rotatable bonds is 6. The van der Waals surface area contributed by atoms with Crippen molar-refractivity contribution in [2.45, 2.75) is 20.3 Å². The molecule has 0 heterocycles. The largest absolute Gasteiger partial charge is 0.493 e. The number of nitrogens with one attached hydrogen (secondary N) is 1. The zero-order valence-corrected chi connectivity index (χ0v) is 17.5. The second kappa shape index (κ2) is 10.1. The van der Waals surface area contributed by atoms with Crippen LogP contribution in [0.5, 0.6) is 11.5 Å². The zero-order chi connectivity index (χ0) is 17.5. The van der Waals surface area contributed by atoms with Crippen molar-refractivity contribution in [2.75, 3.05) is 26.1 Å². The number of guanidine groups is 1. The van der Waals surface area contributed by atoms with Crippen molar-refractivity contribution in [1.82, 2.24) is 0 Å². The number of aryl methyl sites for hydroxylation is 2. The third kappa shape index (κ3) is 6.12. The van der Waals surface area contributed by atoms with Crippen molar-refractivity contribution >= 4 is 35.6 Å². The third-order valence-corrected chi connectivity index (χ3v) is 3.91. The van der Waals surface area contributed by atoms with Gasteiger partial charge in [-0.3, -0.25) is 4.99 Å². The number of nitrogens with two attached hydrogens (primary N) is 1. The molecule has 0 bridgehead atoms. The first-order valence-corrected chi connectivity index (χ1v) is 7.88. The van der Waals surface area contributed by atoms with Crippen molar-refractivity contribution in [1.29, 1.82) is 0 Å². The fourth-order valence-electron chi connectivity index (χ4n) is 2.35. The summed E-state index contributed by atoms with van der Waals surface area (Å²) in [7, 11) is 3.26. The van der Waals surface area contributed by atoms with E-state index >= 15 is 0 Å². The minimum Gasteiger partial charge on any atom is -0.493 e. The Morgan fingerprint density at radius 3 is 2.36 bits per heavy atom. The van der Waals surface area contributed by atoms with E-state index in [4.69, 9.17) is 15.2 Å². The molecule has 0 atom stereocenters. The first-order chi connectivity index (χ1) is 11.5. The number of anilines is 1. The summed E-state index contributed by atoms with van der Waals surface area (Å²) in [6.45, 7) is 4.75. The molecule has 2 aromatic carbocycles. The van der Waals surface area contributed by atoms with E-state index in [9.17, 15) is 0 Å². The van der Waals surface area contributed by atoms with Gasteiger partial charge in [0.05, 0.1) is 14.2 Å². The fourth-order valence-corrected chi connectivity index (χ4v) is 2.35. The Morgan fingerprint density at radius 1 is 1.00 bits per heavy atom. The molecule has 25 heavy (non-hydrogen) atoms. The van der Waals surface area contributed by atoms with Gasteiger partial charge < -0.3 is 20.5 Å². The molecule has 5 nitrogen and oxygen atoms in total. The van der Waals surface area contributed by atoms with Gasteiger partial charge in [-0.2, -0.15) is 0 Å². The van der Waals surface area contributed by atoms with Crippen LogP contribution in [0.4, 0.5) is 5.69 Å². The predicted molar refractivity (Wildman–Crippen MR) is 115 cm³/mol. The van der Waals surface area contributed by atoms with Crippen molar-refractivity contribution < 1.29 is 9.47 Å². The van der Waals surface area contributed by atoms with Crippen molar-refractivity contribution in [3.8, 4) is 11.5 Å². The van der Waals surface area contributed by atoms with Gasteiger partial charge in [-0.25, -0.2) is 0 Å². The van der Waals surface area contributed by atoms with Gasteiger partial charge >= 0.3 is 0 Å². The predicted octanol–water partition coefficient (Wildman–Crippen LogP) is 3.91. The standard InChI is InChI=1S/C19H25N3O2.HI/c1-13-5-7-16(11-14(13)2)22-19(20)21-10-9-15-6-8-17(23-3)18(12-15)24-4;/h5-8,11-12H,9-10H2,1-4H3,(H3,20,21,22);1H. The molecular formula is C19H26IN3O2. The third-order valence-electron chi connectivity index (χ3n) is 3.91. The highest BCUT2D eigenvalue weighted by Crippen LogP contribution is 2.27.